The fraction of sp³-hybridized carbons (Fsp3) is 0.353. The number of nitrogens with one attached hydrogen (secondary N) is 2. The highest BCUT2D eigenvalue weighted by molar-refractivity contribution is 14.1. The molecule has 0 saturated carbocycles. The van der Waals surface area contributed by atoms with Gasteiger partial charge in [0.25, 0.3) is 5.56 Å². The number of alkyl halides is 1. The first-order valence-electron chi connectivity index (χ1n) is 7.53. The minimum absolute atomic E-state index is 0.0150. The Morgan fingerprint density at radius 2 is 2.17 bits per heavy atom. The molecule has 120 valence electrons. The van der Waals surface area contributed by atoms with Crippen LogP contribution in [0.15, 0.2) is 29.1 Å². The number of para-hydroxylation sites is 1. The van der Waals surface area contributed by atoms with E-state index in [0.717, 1.165) is 22.1 Å². The van der Waals surface area contributed by atoms with E-state index in [4.69, 9.17) is 0 Å². The van der Waals surface area contributed by atoms with E-state index in [0.29, 0.717) is 24.0 Å². The Bertz CT molecular complexity index is 779. The maximum absolute atomic E-state index is 12.1. The van der Waals surface area contributed by atoms with Gasteiger partial charge in [-0.2, -0.15) is 5.26 Å². The molecule has 0 bridgehead atoms. The fourth-order valence-electron chi connectivity index (χ4n) is 2.17. The first-order chi connectivity index (χ1) is 11.1. The number of halogens is 1. The topological polar surface area (TPSA) is 81.6 Å². The quantitative estimate of drug-likeness (QED) is 0.547. The van der Waals surface area contributed by atoms with Crippen molar-refractivity contribution in [3.63, 3.8) is 0 Å². The highest BCUT2D eigenvalue weighted by Gasteiger charge is 2.14. The van der Waals surface area contributed by atoms with Gasteiger partial charge in [0, 0.05) is 16.5 Å². The predicted octanol–water partition coefficient (Wildman–Crippen LogP) is 3.91. The van der Waals surface area contributed by atoms with E-state index in [1.807, 2.05) is 30.3 Å². The molecule has 1 heterocycles. The summed E-state index contributed by atoms with van der Waals surface area (Å²) in [7, 11) is 0. The average Bonchev–Trinajstić information content (AvgIpc) is 2.55. The Morgan fingerprint density at radius 3 is 2.83 bits per heavy atom. The van der Waals surface area contributed by atoms with Crippen molar-refractivity contribution >= 4 is 34.1 Å². The molecule has 1 atom stereocenters. The normalized spacial score (nSPS) is 11.7. The van der Waals surface area contributed by atoms with Crippen molar-refractivity contribution in [2.24, 2.45) is 5.92 Å². The SMILES string of the molecule is CCC(C)Cc1nc(Nc2ccccc2CI)c(C#N)c(=O)[nH]1. The van der Waals surface area contributed by atoms with Crippen molar-refractivity contribution in [3.8, 4) is 6.07 Å². The average molecular weight is 422 g/mol. The lowest BCUT2D eigenvalue weighted by molar-refractivity contribution is 0.542. The Hall–Kier alpha value is -1.88. The zero-order chi connectivity index (χ0) is 16.8. The Kier molecular flexibility index (Phi) is 6.16. The molecule has 1 unspecified atom stereocenters. The van der Waals surface area contributed by atoms with Crippen LogP contribution in [-0.2, 0) is 10.8 Å². The molecular weight excluding hydrogens is 403 g/mol. The zero-order valence-corrected chi connectivity index (χ0v) is 15.3. The molecule has 0 aliphatic rings. The number of nitriles is 1. The summed E-state index contributed by atoms with van der Waals surface area (Å²) in [6.07, 6.45) is 1.68. The van der Waals surface area contributed by atoms with Gasteiger partial charge in [0.05, 0.1) is 0 Å². The highest BCUT2D eigenvalue weighted by Crippen LogP contribution is 2.23. The van der Waals surface area contributed by atoms with Crippen molar-refractivity contribution in [2.75, 3.05) is 5.32 Å². The second kappa shape index (κ2) is 8.11. The Balaban J connectivity index is 2.43. The molecule has 1 aromatic carbocycles. The molecular formula is C17H19IN4O. The maximum Gasteiger partial charge on any atom is 0.271 e. The molecule has 2 N–H and O–H groups in total. The molecule has 0 saturated heterocycles. The number of hydrogen-bond donors (Lipinski definition) is 2. The number of benzene rings is 1. The first-order valence-corrected chi connectivity index (χ1v) is 9.05. The molecule has 2 rings (SSSR count). The minimum Gasteiger partial charge on any atom is -0.339 e. The van der Waals surface area contributed by atoms with Crippen molar-refractivity contribution < 1.29 is 0 Å². The molecule has 0 spiro atoms. The van der Waals surface area contributed by atoms with Crippen LogP contribution in [-0.4, -0.2) is 9.97 Å². The molecule has 0 aliphatic heterocycles. The van der Waals surface area contributed by atoms with Crippen LogP contribution in [0.5, 0.6) is 0 Å². The van der Waals surface area contributed by atoms with Gasteiger partial charge < -0.3 is 10.3 Å². The van der Waals surface area contributed by atoms with E-state index in [2.05, 4.69) is 51.7 Å². The van der Waals surface area contributed by atoms with Gasteiger partial charge in [-0.1, -0.05) is 61.1 Å². The summed E-state index contributed by atoms with van der Waals surface area (Å²) in [6, 6.07) is 9.75. The van der Waals surface area contributed by atoms with Gasteiger partial charge in [0.2, 0.25) is 0 Å². The molecule has 23 heavy (non-hydrogen) atoms. The lowest BCUT2D eigenvalue weighted by Crippen LogP contribution is -2.19. The van der Waals surface area contributed by atoms with E-state index < -0.39 is 5.56 Å². The summed E-state index contributed by atoms with van der Waals surface area (Å²) >= 11 is 2.28. The van der Waals surface area contributed by atoms with Crippen molar-refractivity contribution in [1.29, 1.82) is 5.26 Å². The molecule has 0 aliphatic carbocycles. The number of nitrogens with zero attached hydrogens (tertiary/aromatic N) is 2. The van der Waals surface area contributed by atoms with Crippen molar-refractivity contribution in [1.82, 2.24) is 9.97 Å². The van der Waals surface area contributed by atoms with Gasteiger partial charge in [-0.3, -0.25) is 4.79 Å². The largest absolute Gasteiger partial charge is 0.339 e. The van der Waals surface area contributed by atoms with E-state index >= 15 is 0 Å². The van der Waals surface area contributed by atoms with Gasteiger partial charge in [0.1, 0.15) is 11.9 Å². The highest BCUT2D eigenvalue weighted by atomic mass is 127. The minimum atomic E-state index is -0.393. The van der Waals surface area contributed by atoms with Crippen molar-refractivity contribution in [2.45, 2.75) is 31.1 Å². The standard InChI is InChI=1S/C17H19IN4O/c1-3-11(2)8-15-21-16(13(10-19)17(23)22-15)20-14-7-5-4-6-12(14)9-18/h4-7,11H,3,8-9H2,1-2H3,(H2,20,21,22,23). The number of rotatable bonds is 6. The van der Waals surface area contributed by atoms with Gasteiger partial charge in [-0.15, -0.1) is 0 Å². The summed E-state index contributed by atoms with van der Waals surface area (Å²) < 4.78 is 0.825. The van der Waals surface area contributed by atoms with E-state index in [1.165, 1.54) is 0 Å². The second-order valence-electron chi connectivity index (χ2n) is 5.48. The van der Waals surface area contributed by atoms with Gasteiger partial charge >= 0.3 is 0 Å². The van der Waals surface area contributed by atoms with Crippen LogP contribution in [0.25, 0.3) is 0 Å². The zero-order valence-electron chi connectivity index (χ0n) is 13.2. The predicted molar refractivity (Wildman–Crippen MR) is 100 cm³/mol. The van der Waals surface area contributed by atoms with Crippen LogP contribution in [0.2, 0.25) is 0 Å². The van der Waals surface area contributed by atoms with E-state index in [1.54, 1.807) is 0 Å². The summed E-state index contributed by atoms with van der Waals surface area (Å²) in [5.41, 5.74) is 1.59. The molecule has 1 aromatic heterocycles. The smallest absolute Gasteiger partial charge is 0.271 e. The number of anilines is 2. The molecule has 6 heteroatoms. The lowest BCUT2D eigenvalue weighted by Gasteiger charge is -2.13. The van der Waals surface area contributed by atoms with Crippen LogP contribution in [0, 0.1) is 17.2 Å². The Labute approximate surface area is 149 Å². The third kappa shape index (κ3) is 4.32. The monoisotopic (exact) mass is 422 g/mol. The molecule has 0 radical (unpaired) electrons. The third-order valence-corrected chi connectivity index (χ3v) is 4.56. The maximum atomic E-state index is 12.1. The number of aromatic amines is 1. The number of hydrogen-bond acceptors (Lipinski definition) is 4. The van der Waals surface area contributed by atoms with Gasteiger partial charge in [-0.05, 0) is 17.5 Å². The first kappa shape index (κ1) is 17.5. The number of aromatic nitrogens is 2. The van der Waals surface area contributed by atoms with Crippen molar-refractivity contribution in [3.05, 3.63) is 51.6 Å². The summed E-state index contributed by atoms with van der Waals surface area (Å²) in [5, 5.41) is 12.4. The Morgan fingerprint density at radius 1 is 1.43 bits per heavy atom. The molecule has 2 aromatic rings. The third-order valence-electron chi connectivity index (χ3n) is 3.73. The summed E-state index contributed by atoms with van der Waals surface area (Å²) in [5.74, 6) is 1.35. The van der Waals surface area contributed by atoms with E-state index in [9.17, 15) is 10.1 Å². The van der Waals surface area contributed by atoms with Crippen LogP contribution in [0.1, 0.15) is 37.2 Å². The van der Waals surface area contributed by atoms with Crippen LogP contribution in [0.4, 0.5) is 11.5 Å². The number of H-pyrrole nitrogens is 1. The molecule has 0 amide bonds. The fourth-order valence-corrected chi connectivity index (χ4v) is 2.84. The molecule has 5 nitrogen and oxygen atoms in total. The van der Waals surface area contributed by atoms with Crippen LogP contribution < -0.4 is 10.9 Å². The van der Waals surface area contributed by atoms with E-state index in [-0.39, 0.29) is 5.56 Å². The molecule has 0 fully saturated rings. The lowest BCUT2D eigenvalue weighted by atomic mass is 10.1. The van der Waals surface area contributed by atoms with Crippen LogP contribution >= 0.6 is 22.6 Å². The van der Waals surface area contributed by atoms with Gasteiger partial charge in [-0.25, -0.2) is 4.98 Å². The summed E-state index contributed by atoms with van der Waals surface area (Å²) in [4.78, 5) is 19.3. The van der Waals surface area contributed by atoms with Gasteiger partial charge in [0.15, 0.2) is 11.4 Å². The van der Waals surface area contributed by atoms with Crippen LogP contribution in [0.3, 0.4) is 0 Å². The second-order valence-corrected chi connectivity index (χ2v) is 6.24. The summed E-state index contributed by atoms with van der Waals surface area (Å²) in [6.45, 7) is 4.21.